The number of halogens is 1. The second-order valence-electron chi connectivity index (χ2n) is 4.89. The number of nitrogen functional groups attached to an aromatic ring is 1. The third-order valence-electron chi connectivity index (χ3n) is 3.35. The number of hydrogen-bond acceptors (Lipinski definition) is 2. The van der Waals surface area contributed by atoms with Crippen LogP contribution in [0.2, 0.25) is 0 Å². The first kappa shape index (κ1) is 15.9. The van der Waals surface area contributed by atoms with Gasteiger partial charge in [-0.15, -0.1) is 12.4 Å². The van der Waals surface area contributed by atoms with Crippen LogP contribution in [0.15, 0.2) is 78.9 Å². The Hall–Kier alpha value is -2.45. The monoisotopic (exact) mass is 311 g/mol. The molecule has 2 nitrogen and oxygen atoms in total. The molecule has 0 unspecified atom stereocenters. The lowest BCUT2D eigenvalue weighted by molar-refractivity contribution is 0.307. The van der Waals surface area contributed by atoms with E-state index in [1.807, 2.05) is 60.7 Å². The van der Waals surface area contributed by atoms with Crippen LogP contribution in [0.4, 0.5) is 5.69 Å². The van der Waals surface area contributed by atoms with Crippen LogP contribution in [0.3, 0.4) is 0 Å². The molecule has 112 valence electrons. The highest BCUT2D eigenvalue weighted by molar-refractivity contribution is 5.85. The molecule has 0 heterocycles. The van der Waals surface area contributed by atoms with E-state index in [1.165, 1.54) is 0 Å². The molecule has 0 aliphatic heterocycles. The van der Waals surface area contributed by atoms with Crippen molar-refractivity contribution in [3.8, 4) is 16.9 Å². The molecule has 0 saturated heterocycles. The molecule has 3 aromatic carbocycles. The number of benzene rings is 3. The topological polar surface area (TPSA) is 35.2 Å². The highest BCUT2D eigenvalue weighted by atomic mass is 35.5. The molecule has 0 saturated carbocycles. The van der Waals surface area contributed by atoms with Gasteiger partial charge in [-0.1, -0.05) is 60.7 Å². The van der Waals surface area contributed by atoms with Crippen molar-refractivity contribution in [3.63, 3.8) is 0 Å². The molecule has 3 aromatic rings. The zero-order valence-electron chi connectivity index (χ0n) is 12.1. The summed E-state index contributed by atoms with van der Waals surface area (Å²) in [5.74, 6) is 0.881. The van der Waals surface area contributed by atoms with E-state index in [4.69, 9.17) is 10.5 Å². The minimum atomic E-state index is 0. The number of rotatable bonds is 4. The Balaban J connectivity index is 0.00000176. The van der Waals surface area contributed by atoms with Gasteiger partial charge in [0.2, 0.25) is 0 Å². The summed E-state index contributed by atoms with van der Waals surface area (Å²) in [6.45, 7) is 0.562. The lowest BCUT2D eigenvalue weighted by Crippen LogP contribution is -1.96. The maximum Gasteiger partial charge on any atom is 0.127 e. The third-order valence-corrected chi connectivity index (χ3v) is 3.35. The first-order valence-corrected chi connectivity index (χ1v) is 6.94. The van der Waals surface area contributed by atoms with Gasteiger partial charge in [-0.2, -0.15) is 0 Å². The molecule has 0 bridgehead atoms. The molecule has 22 heavy (non-hydrogen) atoms. The molecular weight excluding hydrogens is 294 g/mol. The van der Waals surface area contributed by atoms with Gasteiger partial charge in [0.25, 0.3) is 0 Å². The van der Waals surface area contributed by atoms with Crippen LogP contribution in [0, 0.1) is 0 Å². The smallest absolute Gasteiger partial charge is 0.127 e. The van der Waals surface area contributed by atoms with Crippen LogP contribution >= 0.6 is 12.4 Å². The fraction of sp³-hybridized carbons (Fsp3) is 0.0526. The Labute approximate surface area is 137 Å². The van der Waals surface area contributed by atoms with Crippen LogP contribution in [-0.2, 0) is 6.61 Å². The van der Waals surface area contributed by atoms with E-state index in [0.717, 1.165) is 28.1 Å². The lowest BCUT2D eigenvalue weighted by atomic mass is 10.0. The summed E-state index contributed by atoms with van der Waals surface area (Å²) in [5, 5.41) is 0. The Kier molecular flexibility index (Phi) is 5.45. The molecule has 0 fully saturated rings. The van der Waals surface area contributed by atoms with E-state index in [-0.39, 0.29) is 12.4 Å². The first-order valence-electron chi connectivity index (χ1n) is 6.94. The van der Waals surface area contributed by atoms with Gasteiger partial charge in [-0.05, 0) is 29.3 Å². The van der Waals surface area contributed by atoms with Crippen molar-refractivity contribution in [3.05, 3.63) is 84.4 Å². The molecular formula is C19H18ClNO. The molecule has 0 aliphatic carbocycles. The second kappa shape index (κ2) is 7.53. The predicted octanol–water partition coefficient (Wildman–Crippen LogP) is 4.94. The summed E-state index contributed by atoms with van der Waals surface area (Å²) in [5.41, 5.74) is 9.85. The largest absolute Gasteiger partial charge is 0.488 e. The van der Waals surface area contributed by atoms with Crippen molar-refractivity contribution < 1.29 is 4.74 Å². The van der Waals surface area contributed by atoms with Crippen molar-refractivity contribution in [2.45, 2.75) is 6.61 Å². The van der Waals surface area contributed by atoms with E-state index in [9.17, 15) is 0 Å². The standard InChI is InChI=1S/C19H17NO.ClH/c20-17-12-10-16(11-13-17)18-8-4-5-9-19(18)21-14-15-6-2-1-3-7-15;/h1-13H,14,20H2;1H. The van der Waals surface area contributed by atoms with Crippen LogP contribution < -0.4 is 10.5 Å². The van der Waals surface area contributed by atoms with Gasteiger partial charge >= 0.3 is 0 Å². The normalized spacial score (nSPS) is 9.82. The first-order chi connectivity index (χ1) is 10.3. The minimum absolute atomic E-state index is 0. The summed E-state index contributed by atoms with van der Waals surface area (Å²) >= 11 is 0. The highest BCUT2D eigenvalue weighted by Gasteiger charge is 2.05. The van der Waals surface area contributed by atoms with Gasteiger partial charge in [-0.3, -0.25) is 0 Å². The van der Waals surface area contributed by atoms with Gasteiger partial charge in [0.05, 0.1) is 0 Å². The van der Waals surface area contributed by atoms with Crippen molar-refractivity contribution in [2.75, 3.05) is 5.73 Å². The molecule has 0 aromatic heterocycles. The summed E-state index contributed by atoms with van der Waals surface area (Å²) in [4.78, 5) is 0. The Morgan fingerprint density at radius 1 is 0.727 bits per heavy atom. The van der Waals surface area contributed by atoms with Crippen molar-refractivity contribution in [1.82, 2.24) is 0 Å². The Bertz CT molecular complexity index is 711. The fourth-order valence-electron chi connectivity index (χ4n) is 2.23. The van der Waals surface area contributed by atoms with Crippen LogP contribution in [0.25, 0.3) is 11.1 Å². The molecule has 0 amide bonds. The number of nitrogens with two attached hydrogens (primary N) is 1. The molecule has 0 atom stereocenters. The summed E-state index contributed by atoms with van der Waals surface area (Å²) in [6.07, 6.45) is 0. The fourth-order valence-corrected chi connectivity index (χ4v) is 2.23. The highest BCUT2D eigenvalue weighted by Crippen LogP contribution is 2.30. The van der Waals surface area contributed by atoms with Crippen molar-refractivity contribution in [1.29, 1.82) is 0 Å². The van der Waals surface area contributed by atoms with Crippen molar-refractivity contribution in [2.24, 2.45) is 0 Å². The van der Waals surface area contributed by atoms with Gasteiger partial charge in [0.15, 0.2) is 0 Å². The molecule has 0 radical (unpaired) electrons. The molecule has 2 N–H and O–H groups in total. The summed E-state index contributed by atoms with van der Waals surface area (Å²) < 4.78 is 5.98. The van der Waals surface area contributed by atoms with E-state index in [2.05, 4.69) is 18.2 Å². The zero-order valence-corrected chi connectivity index (χ0v) is 12.9. The average molecular weight is 312 g/mol. The van der Waals surface area contributed by atoms with Crippen LogP contribution in [0.5, 0.6) is 5.75 Å². The third kappa shape index (κ3) is 3.80. The van der Waals surface area contributed by atoms with E-state index in [1.54, 1.807) is 0 Å². The number of anilines is 1. The zero-order chi connectivity index (χ0) is 14.5. The summed E-state index contributed by atoms with van der Waals surface area (Å²) in [6, 6.07) is 26.1. The maximum atomic E-state index is 5.98. The van der Waals surface area contributed by atoms with Gasteiger partial charge < -0.3 is 10.5 Å². The van der Waals surface area contributed by atoms with Crippen molar-refractivity contribution >= 4 is 18.1 Å². The Morgan fingerprint density at radius 3 is 2.09 bits per heavy atom. The number of ether oxygens (including phenoxy) is 1. The number of para-hydroxylation sites is 1. The maximum absolute atomic E-state index is 5.98. The number of hydrogen-bond donors (Lipinski definition) is 1. The van der Waals surface area contributed by atoms with Gasteiger partial charge in [0, 0.05) is 11.3 Å². The van der Waals surface area contributed by atoms with E-state index in [0.29, 0.717) is 6.61 Å². The SMILES string of the molecule is Cl.Nc1ccc(-c2ccccc2OCc2ccccc2)cc1. The quantitative estimate of drug-likeness (QED) is 0.693. The van der Waals surface area contributed by atoms with Crippen LogP contribution in [0.1, 0.15) is 5.56 Å². The minimum Gasteiger partial charge on any atom is -0.488 e. The predicted molar refractivity (Wildman–Crippen MR) is 94.3 cm³/mol. The Morgan fingerprint density at radius 2 is 1.36 bits per heavy atom. The molecule has 3 heteroatoms. The molecule has 0 spiro atoms. The van der Waals surface area contributed by atoms with E-state index < -0.39 is 0 Å². The molecule has 0 aliphatic rings. The molecule has 3 rings (SSSR count). The summed E-state index contributed by atoms with van der Waals surface area (Å²) in [7, 11) is 0. The van der Waals surface area contributed by atoms with E-state index >= 15 is 0 Å². The van der Waals surface area contributed by atoms with Crippen LogP contribution in [-0.4, -0.2) is 0 Å². The van der Waals surface area contributed by atoms with Gasteiger partial charge in [-0.25, -0.2) is 0 Å². The average Bonchev–Trinajstić information content (AvgIpc) is 2.55. The second-order valence-corrected chi connectivity index (χ2v) is 4.89. The lowest BCUT2D eigenvalue weighted by Gasteiger charge is -2.12. The van der Waals surface area contributed by atoms with Gasteiger partial charge in [0.1, 0.15) is 12.4 Å².